The summed E-state index contributed by atoms with van der Waals surface area (Å²) >= 11 is 1.27. The van der Waals surface area contributed by atoms with Crippen LogP contribution in [0.15, 0.2) is 71.1 Å². The molecule has 150 valence electrons. The topological polar surface area (TPSA) is 97.2 Å². The van der Waals surface area contributed by atoms with Crippen LogP contribution < -0.4 is 9.62 Å². The number of nitrogens with one attached hydrogen (secondary N) is 1. The summed E-state index contributed by atoms with van der Waals surface area (Å²) in [5, 5.41) is 9.37. The molecule has 0 aliphatic carbocycles. The first kappa shape index (κ1) is 18.5. The molecule has 10 heteroatoms. The number of amides is 1. The minimum absolute atomic E-state index is 0.00429. The molecular weight excluding hydrogens is 422 g/mol. The van der Waals surface area contributed by atoms with Gasteiger partial charge in [-0.3, -0.25) is 14.4 Å². The Morgan fingerprint density at radius 3 is 2.53 bits per heavy atom. The van der Waals surface area contributed by atoms with Crippen molar-refractivity contribution in [2.75, 3.05) is 16.7 Å². The van der Waals surface area contributed by atoms with E-state index in [1.807, 2.05) is 30.3 Å². The maximum atomic E-state index is 13.2. The largest absolute Gasteiger partial charge is 0.296 e. The number of hydrogen-bond acceptors (Lipinski definition) is 6. The summed E-state index contributed by atoms with van der Waals surface area (Å²) in [7, 11) is -2.40. The van der Waals surface area contributed by atoms with Gasteiger partial charge in [0.05, 0.1) is 10.6 Å². The number of aromatic nitrogens is 3. The van der Waals surface area contributed by atoms with Crippen molar-refractivity contribution < 1.29 is 13.2 Å². The predicted molar refractivity (Wildman–Crippen MR) is 115 cm³/mol. The number of benzene rings is 2. The molecular formula is C20H15N5O3S2. The first-order valence-corrected chi connectivity index (χ1v) is 11.3. The lowest BCUT2D eigenvalue weighted by Crippen LogP contribution is -2.32. The Labute approximate surface area is 176 Å². The van der Waals surface area contributed by atoms with Gasteiger partial charge in [0.15, 0.2) is 10.8 Å². The average Bonchev–Trinajstić information content (AvgIpc) is 3.41. The fourth-order valence-electron chi connectivity index (χ4n) is 3.46. The zero-order chi connectivity index (χ0) is 20.9. The van der Waals surface area contributed by atoms with Crippen molar-refractivity contribution in [2.45, 2.75) is 4.90 Å². The van der Waals surface area contributed by atoms with Gasteiger partial charge >= 0.3 is 0 Å². The molecule has 0 unspecified atom stereocenters. The van der Waals surface area contributed by atoms with Crippen LogP contribution in [0.25, 0.3) is 16.9 Å². The Kier molecular flexibility index (Phi) is 4.19. The first-order valence-electron chi connectivity index (χ1n) is 8.96. The fourth-order valence-corrected chi connectivity index (χ4v) is 5.38. The van der Waals surface area contributed by atoms with Gasteiger partial charge in [-0.1, -0.05) is 36.4 Å². The van der Waals surface area contributed by atoms with Gasteiger partial charge < -0.3 is 0 Å². The molecule has 3 heterocycles. The summed E-state index contributed by atoms with van der Waals surface area (Å²) in [6.45, 7) is 0. The molecule has 1 aliphatic heterocycles. The standard InChI is InChI=1S/C20H15N5O3S2/c1-24-18-16(19(26)22-20-21-11-12-29-20)23-25(13-7-3-2-4-8-13)17(18)14-9-5-6-10-15(14)30(24,27)28/h2-12H,1H3,(H,21,22,26). The van der Waals surface area contributed by atoms with Gasteiger partial charge in [0.25, 0.3) is 15.9 Å². The van der Waals surface area contributed by atoms with E-state index in [9.17, 15) is 13.2 Å². The Balaban J connectivity index is 1.80. The lowest BCUT2D eigenvalue weighted by molar-refractivity contribution is 0.102. The minimum atomic E-state index is -3.83. The van der Waals surface area contributed by atoms with E-state index < -0.39 is 15.9 Å². The van der Waals surface area contributed by atoms with Crippen molar-refractivity contribution in [1.82, 2.24) is 14.8 Å². The van der Waals surface area contributed by atoms with E-state index in [1.54, 1.807) is 40.5 Å². The molecule has 30 heavy (non-hydrogen) atoms. The van der Waals surface area contributed by atoms with Gasteiger partial charge in [0, 0.05) is 24.2 Å². The molecule has 0 spiro atoms. The third-order valence-corrected chi connectivity index (χ3v) is 7.33. The molecule has 1 aliphatic rings. The van der Waals surface area contributed by atoms with Gasteiger partial charge in [0.1, 0.15) is 11.4 Å². The van der Waals surface area contributed by atoms with Crippen LogP contribution in [0.4, 0.5) is 10.8 Å². The number of anilines is 2. The van der Waals surface area contributed by atoms with Crippen molar-refractivity contribution in [3.05, 3.63) is 71.9 Å². The molecule has 0 atom stereocenters. The van der Waals surface area contributed by atoms with Crippen LogP contribution in [-0.2, 0) is 10.0 Å². The van der Waals surface area contributed by atoms with E-state index in [0.29, 0.717) is 22.1 Å². The molecule has 0 bridgehead atoms. The molecule has 1 N–H and O–H groups in total. The van der Waals surface area contributed by atoms with Crippen LogP contribution in [0.3, 0.4) is 0 Å². The lowest BCUT2D eigenvalue weighted by atomic mass is 10.1. The Hall–Kier alpha value is -3.50. The van der Waals surface area contributed by atoms with Crippen molar-refractivity contribution in [2.24, 2.45) is 0 Å². The molecule has 0 saturated carbocycles. The quantitative estimate of drug-likeness (QED) is 0.530. The smallest absolute Gasteiger partial charge is 0.280 e. The monoisotopic (exact) mass is 437 g/mol. The van der Waals surface area contributed by atoms with E-state index in [2.05, 4.69) is 15.4 Å². The van der Waals surface area contributed by atoms with Gasteiger partial charge in [0.2, 0.25) is 0 Å². The zero-order valence-electron chi connectivity index (χ0n) is 15.7. The number of fused-ring (bicyclic) bond motifs is 3. The number of thiazole rings is 1. The highest BCUT2D eigenvalue weighted by Gasteiger charge is 2.39. The van der Waals surface area contributed by atoms with Gasteiger partial charge in [-0.25, -0.2) is 18.1 Å². The highest BCUT2D eigenvalue weighted by molar-refractivity contribution is 7.93. The van der Waals surface area contributed by atoms with Crippen LogP contribution in [-0.4, -0.2) is 36.1 Å². The number of carbonyl (C=O) groups is 1. The molecule has 2 aromatic carbocycles. The van der Waals surface area contributed by atoms with Crippen molar-refractivity contribution in [1.29, 1.82) is 0 Å². The number of nitrogens with zero attached hydrogens (tertiary/aromatic N) is 4. The Morgan fingerprint density at radius 1 is 1.07 bits per heavy atom. The normalized spacial score (nSPS) is 14.1. The number of rotatable bonds is 3. The third kappa shape index (κ3) is 2.72. The fraction of sp³-hybridized carbons (Fsp3) is 0.0500. The molecule has 1 amide bonds. The number of para-hydroxylation sites is 1. The van der Waals surface area contributed by atoms with E-state index in [4.69, 9.17) is 0 Å². The molecule has 0 fully saturated rings. The molecule has 2 aromatic heterocycles. The van der Waals surface area contributed by atoms with Gasteiger partial charge in [-0.15, -0.1) is 11.3 Å². The Bertz CT molecular complexity index is 1360. The summed E-state index contributed by atoms with van der Waals surface area (Å²) in [5.41, 5.74) is 1.98. The number of sulfonamides is 1. The van der Waals surface area contributed by atoms with E-state index in [0.717, 1.165) is 4.31 Å². The third-order valence-electron chi connectivity index (χ3n) is 4.82. The van der Waals surface area contributed by atoms with Crippen molar-refractivity contribution in [3.8, 4) is 16.9 Å². The maximum Gasteiger partial charge on any atom is 0.280 e. The zero-order valence-corrected chi connectivity index (χ0v) is 17.3. The van der Waals surface area contributed by atoms with E-state index >= 15 is 0 Å². The summed E-state index contributed by atoms with van der Waals surface area (Å²) in [6.07, 6.45) is 1.57. The van der Waals surface area contributed by atoms with Gasteiger partial charge in [-0.05, 0) is 18.2 Å². The average molecular weight is 438 g/mol. The summed E-state index contributed by atoms with van der Waals surface area (Å²) < 4.78 is 29.0. The highest BCUT2D eigenvalue weighted by atomic mass is 32.2. The van der Waals surface area contributed by atoms with Crippen LogP contribution in [0.1, 0.15) is 10.5 Å². The Morgan fingerprint density at radius 2 is 1.80 bits per heavy atom. The maximum absolute atomic E-state index is 13.2. The van der Waals surface area contributed by atoms with E-state index in [-0.39, 0.29) is 16.3 Å². The van der Waals surface area contributed by atoms with Crippen LogP contribution in [0.2, 0.25) is 0 Å². The molecule has 8 nitrogen and oxygen atoms in total. The van der Waals surface area contributed by atoms with Crippen LogP contribution in [0.5, 0.6) is 0 Å². The summed E-state index contributed by atoms with van der Waals surface area (Å²) in [4.78, 5) is 17.3. The molecule has 0 radical (unpaired) electrons. The van der Waals surface area contributed by atoms with E-state index in [1.165, 1.54) is 18.4 Å². The molecule has 5 rings (SSSR count). The molecule has 0 saturated heterocycles. The number of hydrogen-bond donors (Lipinski definition) is 1. The molecule has 4 aromatic rings. The van der Waals surface area contributed by atoms with Crippen molar-refractivity contribution in [3.63, 3.8) is 0 Å². The summed E-state index contributed by atoms with van der Waals surface area (Å²) in [6, 6.07) is 16.0. The van der Waals surface area contributed by atoms with Crippen LogP contribution in [0, 0.1) is 0 Å². The SMILES string of the molecule is CN1c2c(C(=O)Nc3nccs3)nn(-c3ccccc3)c2-c2ccccc2S1(=O)=O. The second kappa shape index (κ2) is 6.78. The second-order valence-electron chi connectivity index (χ2n) is 6.55. The predicted octanol–water partition coefficient (Wildman–Crippen LogP) is 3.39. The van der Waals surface area contributed by atoms with Gasteiger partial charge in [-0.2, -0.15) is 5.10 Å². The minimum Gasteiger partial charge on any atom is -0.296 e. The van der Waals surface area contributed by atoms with Crippen molar-refractivity contribution >= 4 is 38.1 Å². The summed E-state index contributed by atoms with van der Waals surface area (Å²) in [5.74, 6) is -0.530. The van der Waals surface area contributed by atoms with Crippen LogP contribution >= 0.6 is 11.3 Å². The number of carbonyl (C=O) groups excluding carboxylic acids is 1. The second-order valence-corrected chi connectivity index (χ2v) is 9.39. The lowest BCUT2D eigenvalue weighted by Gasteiger charge is -2.27. The highest BCUT2D eigenvalue weighted by Crippen LogP contribution is 2.45. The first-order chi connectivity index (χ1) is 14.5.